The Kier molecular flexibility index (Phi) is 5.70. The van der Waals surface area contributed by atoms with E-state index >= 15 is 0 Å². The van der Waals surface area contributed by atoms with Gasteiger partial charge in [-0.2, -0.15) is 0 Å². The van der Waals surface area contributed by atoms with E-state index in [0.29, 0.717) is 6.61 Å². The highest BCUT2D eigenvalue weighted by molar-refractivity contribution is 5.72. The van der Waals surface area contributed by atoms with E-state index in [1.165, 1.54) is 22.3 Å². The fraction of sp³-hybridized carbons (Fsp3) is 0.250. The molecule has 3 rings (SSSR count). The Labute approximate surface area is 162 Å². The topological polar surface area (TPSA) is 30.5 Å². The van der Waals surface area contributed by atoms with Gasteiger partial charge in [0.1, 0.15) is 18.1 Å². The number of ether oxygens (including phenoxy) is 2. The molecule has 0 saturated heterocycles. The fourth-order valence-electron chi connectivity index (χ4n) is 3.53. The standard InChI is InChI=1S/C24H27NO2/c1-16-8-6-9-17(2)24(16)19-12-13-22(18(3)14-19)27-15-20-21(25-4)10-7-11-23(20)26-5/h6-14,25H,15H2,1-5H3. The predicted molar refractivity (Wildman–Crippen MR) is 113 cm³/mol. The Morgan fingerprint density at radius 1 is 0.815 bits per heavy atom. The number of aryl methyl sites for hydroxylation is 3. The van der Waals surface area contributed by atoms with Crippen LogP contribution in [-0.2, 0) is 6.61 Å². The number of hydrogen-bond acceptors (Lipinski definition) is 3. The molecule has 0 aliphatic carbocycles. The van der Waals surface area contributed by atoms with Crippen LogP contribution >= 0.6 is 0 Å². The molecule has 0 aromatic heterocycles. The summed E-state index contributed by atoms with van der Waals surface area (Å²) >= 11 is 0. The number of methoxy groups -OCH3 is 1. The van der Waals surface area contributed by atoms with Crippen molar-refractivity contribution in [2.45, 2.75) is 27.4 Å². The summed E-state index contributed by atoms with van der Waals surface area (Å²) in [5.41, 5.74) is 8.25. The van der Waals surface area contributed by atoms with Gasteiger partial charge in [0.15, 0.2) is 0 Å². The van der Waals surface area contributed by atoms with E-state index in [2.05, 4.69) is 62.5 Å². The minimum Gasteiger partial charge on any atom is -0.496 e. The molecule has 0 aliphatic heterocycles. The first kappa shape index (κ1) is 18.8. The van der Waals surface area contributed by atoms with Gasteiger partial charge in [0.25, 0.3) is 0 Å². The summed E-state index contributed by atoms with van der Waals surface area (Å²) in [6, 6.07) is 18.8. The largest absolute Gasteiger partial charge is 0.496 e. The van der Waals surface area contributed by atoms with Gasteiger partial charge < -0.3 is 14.8 Å². The maximum absolute atomic E-state index is 6.14. The first-order valence-corrected chi connectivity index (χ1v) is 9.18. The maximum atomic E-state index is 6.14. The van der Waals surface area contributed by atoms with E-state index in [9.17, 15) is 0 Å². The molecular formula is C24H27NO2. The van der Waals surface area contributed by atoms with Gasteiger partial charge in [0.2, 0.25) is 0 Å². The van der Waals surface area contributed by atoms with Crippen LogP contribution in [0, 0.1) is 20.8 Å². The van der Waals surface area contributed by atoms with Crippen molar-refractivity contribution in [3.05, 3.63) is 76.9 Å². The molecule has 0 saturated carbocycles. The highest BCUT2D eigenvalue weighted by atomic mass is 16.5. The van der Waals surface area contributed by atoms with Crippen LogP contribution in [0.4, 0.5) is 5.69 Å². The molecular weight excluding hydrogens is 334 g/mol. The minimum absolute atomic E-state index is 0.448. The zero-order valence-electron chi connectivity index (χ0n) is 16.7. The fourth-order valence-corrected chi connectivity index (χ4v) is 3.53. The zero-order valence-corrected chi connectivity index (χ0v) is 16.7. The third-order valence-corrected chi connectivity index (χ3v) is 4.94. The summed E-state index contributed by atoms with van der Waals surface area (Å²) in [6.07, 6.45) is 0. The Morgan fingerprint density at radius 2 is 1.52 bits per heavy atom. The SMILES string of the molecule is CNc1cccc(OC)c1COc1ccc(-c2c(C)cccc2C)cc1C. The van der Waals surface area contributed by atoms with Crippen molar-refractivity contribution in [1.29, 1.82) is 0 Å². The van der Waals surface area contributed by atoms with E-state index in [-0.39, 0.29) is 0 Å². The number of rotatable bonds is 6. The molecule has 0 radical (unpaired) electrons. The molecule has 3 heteroatoms. The Bertz CT molecular complexity index is 905. The molecule has 140 valence electrons. The van der Waals surface area contributed by atoms with Crippen molar-refractivity contribution in [3.63, 3.8) is 0 Å². The minimum atomic E-state index is 0.448. The van der Waals surface area contributed by atoms with Crippen LogP contribution in [0.1, 0.15) is 22.3 Å². The molecule has 27 heavy (non-hydrogen) atoms. The predicted octanol–water partition coefficient (Wildman–Crippen LogP) is 5.91. The quantitative estimate of drug-likeness (QED) is 0.592. The Balaban J connectivity index is 1.86. The molecule has 3 aromatic rings. The van der Waals surface area contributed by atoms with Crippen molar-refractivity contribution in [2.75, 3.05) is 19.5 Å². The van der Waals surface area contributed by atoms with Gasteiger partial charge in [-0.15, -0.1) is 0 Å². The Hall–Kier alpha value is -2.94. The lowest BCUT2D eigenvalue weighted by Gasteiger charge is -2.16. The summed E-state index contributed by atoms with van der Waals surface area (Å²) in [5, 5.41) is 3.20. The average molecular weight is 361 g/mol. The van der Waals surface area contributed by atoms with Gasteiger partial charge in [-0.25, -0.2) is 0 Å². The van der Waals surface area contributed by atoms with Crippen molar-refractivity contribution in [1.82, 2.24) is 0 Å². The van der Waals surface area contributed by atoms with E-state index in [0.717, 1.165) is 28.3 Å². The second-order valence-electron chi connectivity index (χ2n) is 6.77. The third-order valence-electron chi connectivity index (χ3n) is 4.94. The van der Waals surface area contributed by atoms with Gasteiger partial charge >= 0.3 is 0 Å². The summed E-state index contributed by atoms with van der Waals surface area (Å²) in [7, 11) is 3.59. The normalized spacial score (nSPS) is 10.6. The van der Waals surface area contributed by atoms with E-state index < -0.39 is 0 Å². The van der Waals surface area contributed by atoms with Gasteiger partial charge in [0, 0.05) is 12.7 Å². The summed E-state index contributed by atoms with van der Waals surface area (Å²) < 4.78 is 11.6. The lowest BCUT2D eigenvalue weighted by molar-refractivity contribution is 0.295. The summed E-state index contributed by atoms with van der Waals surface area (Å²) in [4.78, 5) is 0. The molecule has 0 bridgehead atoms. The number of nitrogens with one attached hydrogen (secondary N) is 1. The zero-order chi connectivity index (χ0) is 19.4. The molecule has 0 fully saturated rings. The second kappa shape index (κ2) is 8.17. The van der Waals surface area contributed by atoms with Crippen molar-refractivity contribution >= 4 is 5.69 Å². The van der Waals surface area contributed by atoms with Gasteiger partial charge in [-0.1, -0.05) is 30.3 Å². The van der Waals surface area contributed by atoms with Crippen LogP contribution in [-0.4, -0.2) is 14.2 Å². The molecule has 1 N–H and O–H groups in total. The van der Waals surface area contributed by atoms with Crippen LogP contribution < -0.4 is 14.8 Å². The molecule has 3 aromatic carbocycles. The van der Waals surface area contributed by atoms with Crippen LogP contribution in [0.15, 0.2) is 54.6 Å². The van der Waals surface area contributed by atoms with Crippen LogP contribution in [0.2, 0.25) is 0 Å². The van der Waals surface area contributed by atoms with Crippen LogP contribution in [0.25, 0.3) is 11.1 Å². The molecule has 0 spiro atoms. The molecule has 0 amide bonds. The number of benzene rings is 3. The molecule has 0 aliphatic rings. The lowest BCUT2D eigenvalue weighted by Crippen LogP contribution is -2.04. The highest BCUT2D eigenvalue weighted by Crippen LogP contribution is 2.32. The molecule has 0 unspecified atom stereocenters. The first-order valence-electron chi connectivity index (χ1n) is 9.18. The van der Waals surface area contributed by atoms with Crippen LogP contribution in [0.3, 0.4) is 0 Å². The summed E-state index contributed by atoms with van der Waals surface area (Å²) in [5.74, 6) is 1.71. The molecule has 0 atom stereocenters. The average Bonchev–Trinajstić information content (AvgIpc) is 2.67. The first-order chi connectivity index (χ1) is 13.0. The second-order valence-corrected chi connectivity index (χ2v) is 6.77. The lowest BCUT2D eigenvalue weighted by atomic mass is 9.94. The van der Waals surface area contributed by atoms with Crippen molar-refractivity contribution < 1.29 is 9.47 Å². The van der Waals surface area contributed by atoms with Gasteiger partial charge in [-0.05, 0) is 72.9 Å². The number of anilines is 1. The molecule has 3 nitrogen and oxygen atoms in total. The maximum Gasteiger partial charge on any atom is 0.127 e. The van der Waals surface area contributed by atoms with Gasteiger partial charge in [0.05, 0.1) is 12.7 Å². The van der Waals surface area contributed by atoms with Crippen molar-refractivity contribution in [3.8, 4) is 22.6 Å². The van der Waals surface area contributed by atoms with Crippen LogP contribution in [0.5, 0.6) is 11.5 Å². The molecule has 0 heterocycles. The highest BCUT2D eigenvalue weighted by Gasteiger charge is 2.11. The monoisotopic (exact) mass is 361 g/mol. The van der Waals surface area contributed by atoms with Gasteiger partial charge in [-0.3, -0.25) is 0 Å². The third kappa shape index (κ3) is 3.92. The smallest absolute Gasteiger partial charge is 0.127 e. The van der Waals surface area contributed by atoms with E-state index in [1.807, 2.05) is 25.2 Å². The summed E-state index contributed by atoms with van der Waals surface area (Å²) in [6.45, 7) is 6.85. The Morgan fingerprint density at radius 3 is 2.15 bits per heavy atom. The van der Waals surface area contributed by atoms with E-state index in [4.69, 9.17) is 9.47 Å². The van der Waals surface area contributed by atoms with E-state index in [1.54, 1.807) is 7.11 Å². The van der Waals surface area contributed by atoms with Crippen molar-refractivity contribution in [2.24, 2.45) is 0 Å². The number of hydrogen-bond donors (Lipinski definition) is 1.